The van der Waals surface area contributed by atoms with Crippen LogP contribution in [0, 0.1) is 11.3 Å². The average Bonchev–Trinajstić information content (AvgIpc) is 2.76. The minimum atomic E-state index is -0.494. The Morgan fingerprint density at radius 2 is 2.10 bits per heavy atom. The molecular formula is C15H18N2O2S. The van der Waals surface area contributed by atoms with E-state index in [9.17, 15) is 4.79 Å². The Morgan fingerprint density at radius 1 is 1.35 bits per heavy atom. The van der Waals surface area contributed by atoms with Gasteiger partial charge in [0.2, 0.25) is 0 Å². The smallest absolute Gasteiger partial charge is 0.263 e. The quantitative estimate of drug-likeness (QED) is 0.857. The minimum absolute atomic E-state index is 0.0388. The topological polar surface area (TPSA) is 53.3 Å². The Hall–Kier alpha value is -1.67. The molecule has 0 N–H and O–H groups in total. The van der Waals surface area contributed by atoms with Crippen molar-refractivity contribution < 1.29 is 9.53 Å². The summed E-state index contributed by atoms with van der Waals surface area (Å²) in [4.78, 5) is 14.2. The minimum Gasteiger partial charge on any atom is -0.481 e. The molecule has 5 heteroatoms. The monoisotopic (exact) mass is 290 g/mol. The molecule has 1 amide bonds. The molecule has 0 unspecified atom stereocenters. The van der Waals surface area contributed by atoms with E-state index in [2.05, 4.69) is 6.07 Å². The van der Waals surface area contributed by atoms with Crippen molar-refractivity contribution in [2.45, 2.75) is 19.4 Å². The molecule has 1 aliphatic heterocycles. The highest BCUT2D eigenvalue weighted by Crippen LogP contribution is 2.16. The molecule has 1 heterocycles. The summed E-state index contributed by atoms with van der Waals surface area (Å²) in [7, 11) is 0. The molecule has 1 aliphatic rings. The van der Waals surface area contributed by atoms with E-state index in [-0.39, 0.29) is 5.91 Å². The number of nitriles is 1. The number of hydrogen-bond donors (Lipinski definition) is 0. The summed E-state index contributed by atoms with van der Waals surface area (Å²) < 4.78 is 5.66. The average molecular weight is 290 g/mol. The predicted molar refractivity (Wildman–Crippen MR) is 79.8 cm³/mol. The van der Waals surface area contributed by atoms with Crippen LogP contribution in [0.3, 0.4) is 0 Å². The predicted octanol–water partition coefficient (Wildman–Crippen LogP) is 2.29. The van der Waals surface area contributed by atoms with Crippen LogP contribution in [-0.2, 0) is 4.79 Å². The molecule has 106 valence electrons. The lowest BCUT2D eigenvalue weighted by Gasteiger charge is -2.24. The van der Waals surface area contributed by atoms with Gasteiger partial charge in [-0.25, -0.2) is 0 Å². The van der Waals surface area contributed by atoms with Crippen LogP contribution < -0.4 is 4.74 Å². The number of carbonyl (C=O) groups excluding carboxylic acids is 1. The molecule has 0 bridgehead atoms. The van der Waals surface area contributed by atoms with Crippen LogP contribution in [0.1, 0.15) is 18.9 Å². The maximum absolute atomic E-state index is 12.3. The van der Waals surface area contributed by atoms with E-state index in [0.717, 1.165) is 31.0 Å². The Bertz CT molecular complexity index is 488. The van der Waals surface area contributed by atoms with Gasteiger partial charge in [-0.05, 0) is 43.4 Å². The highest BCUT2D eigenvalue weighted by molar-refractivity contribution is 7.99. The lowest BCUT2D eigenvalue weighted by molar-refractivity contribution is -0.137. The molecule has 0 radical (unpaired) electrons. The van der Waals surface area contributed by atoms with E-state index in [1.165, 1.54) is 0 Å². The Labute approximate surface area is 123 Å². The summed E-state index contributed by atoms with van der Waals surface area (Å²) in [6, 6.07) is 8.88. The van der Waals surface area contributed by atoms with E-state index in [1.807, 2.05) is 16.7 Å². The van der Waals surface area contributed by atoms with Gasteiger partial charge in [-0.15, -0.1) is 0 Å². The van der Waals surface area contributed by atoms with Gasteiger partial charge < -0.3 is 9.64 Å². The zero-order valence-electron chi connectivity index (χ0n) is 11.5. The molecule has 0 aromatic heterocycles. The fraction of sp³-hybridized carbons (Fsp3) is 0.467. The van der Waals surface area contributed by atoms with Crippen molar-refractivity contribution in [3.05, 3.63) is 29.8 Å². The van der Waals surface area contributed by atoms with Crippen LogP contribution in [0.4, 0.5) is 0 Å². The van der Waals surface area contributed by atoms with E-state index >= 15 is 0 Å². The number of nitrogens with zero attached hydrogens (tertiary/aromatic N) is 2. The molecule has 20 heavy (non-hydrogen) atoms. The second-order valence-corrected chi connectivity index (χ2v) is 5.91. The molecule has 1 atom stereocenters. The lowest BCUT2D eigenvalue weighted by Crippen LogP contribution is -2.41. The van der Waals surface area contributed by atoms with Crippen LogP contribution in [0.2, 0.25) is 0 Å². The van der Waals surface area contributed by atoms with Gasteiger partial charge in [-0.2, -0.15) is 17.0 Å². The number of amides is 1. The molecule has 1 aromatic carbocycles. The van der Waals surface area contributed by atoms with Gasteiger partial charge in [-0.3, -0.25) is 4.79 Å². The van der Waals surface area contributed by atoms with Crippen LogP contribution in [-0.4, -0.2) is 41.5 Å². The Kier molecular flexibility index (Phi) is 5.31. The number of ether oxygens (including phenoxy) is 1. The summed E-state index contributed by atoms with van der Waals surface area (Å²) in [5, 5.41) is 8.74. The molecule has 1 aromatic rings. The fourth-order valence-corrected chi connectivity index (χ4v) is 2.97. The molecular weight excluding hydrogens is 272 g/mol. The second kappa shape index (κ2) is 7.20. The van der Waals surface area contributed by atoms with Gasteiger partial charge >= 0.3 is 0 Å². The van der Waals surface area contributed by atoms with Crippen molar-refractivity contribution in [2.75, 3.05) is 24.6 Å². The first-order chi connectivity index (χ1) is 9.70. The van der Waals surface area contributed by atoms with Gasteiger partial charge in [0.1, 0.15) is 5.75 Å². The molecule has 0 saturated carbocycles. The van der Waals surface area contributed by atoms with Crippen molar-refractivity contribution in [3.63, 3.8) is 0 Å². The highest BCUT2D eigenvalue weighted by Gasteiger charge is 2.22. The van der Waals surface area contributed by atoms with Crippen molar-refractivity contribution in [1.29, 1.82) is 5.26 Å². The first kappa shape index (κ1) is 14.7. The van der Waals surface area contributed by atoms with Gasteiger partial charge in [0.25, 0.3) is 5.91 Å². The largest absolute Gasteiger partial charge is 0.481 e. The van der Waals surface area contributed by atoms with E-state index in [4.69, 9.17) is 10.00 Å². The molecule has 1 fully saturated rings. The van der Waals surface area contributed by atoms with Gasteiger partial charge in [-0.1, -0.05) is 0 Å². The fourth-order valence-electron chi connectivity index (χ4n) is 2.09. The Balaban J connectivity index is 1.94. The third-order valence-corrected chi connectivity index (χ3v) is 4.23. The number of thioether (sulfide) groups is 1. The van der Waals surface area contributed by atoms with Crippen LogP contribution >= 0.6 is 11.8 Å². The maximum Gasteiger partial charge on any atom is 0.263 e. The van der Waals surface area contributed by atoms with Crippen molar-refractivity contribution in [1.82, 2.24) is 4.90 Å². The summed E-state index contributed by atoms with van der Waals surface area (Å²) in [5.74, 6) is 2.77. The summed E-state index contributed by atoms with van der Waals surface area (Å²) in [6.07, 6.45) is 0.547. The maximum atomic E-state index is 12.3. The van der Waals surface area contributed by atoms with Crippen molar-refractivity contribution in [2.24, 2.45) is 0 Å². The molecule has 0 aliphatic carbocycles. The van der Waals surface area contributed by atoms with Crippen LogP contribution in [0.5, 0.6) is 5.75 Å². The summed E-state index contributed by atoms with van der Waals surface area (Å²) in [5.41, 5.74) is 0.584. The summed E-state index contributed by atoms with van der Waals surface area (Å²) >= 11 is 1.89. The van der Waals surface area contributed by atoms with Crippen molar-refractivity contribution >= 4 is 17.7 Å². The number of carbonyl (C=O) groups is 1. The zero-order valence-corrected chi connectivity index (χ0v) is 12.4. The van der Waals surface area contributed by atoms with Crippen LogP contribution in [0.25, 0.3) is 0 Å². The second-order valence-electron chi connectivity index (χ2n) is 4.69. The third-order valence-electron chi connectivity index (χ3n) is 3.18. The SMILES string of the molecule is C[C@@H](Oc1ccc(C#N)cc1)C(=O)N1CCCSCC1. The highest BCUT2D eigenvalue weighted by atomic mass is 32.2. The van der Waals surface area contributed by atoms with E-state index in [1.54, 1.807) is 31.2 Å². The lowest BCUT2D eigenvalue weighted by atomic mass is 10.2. The number of benzene rings is 1. The summed E-state index contributed by atoms with van der Waals surface area (Å²) in [6.45, 7) is 3.38. The number of hydrogen-bond acceptors (Lipinski definition) is 4. The molecule has 2 rings (SSSR count). The van der Waals surface area contributed by atoms with E-state index in [0.29, 0.717) is 11.3 Å². The molecule has 0 spiro atoms. The van der Waals surface area contributed by atoms with Gasteiger partial charge in [0, 0.05) is 18.8 Å². The van der Waals surface area contributed by atoms with Gasteiger partial charge in [0.15, 0.2) is 6.10 Å². The first-order valence-corrected chi connectivity index (χ1v) is 7.89. The zero-order chi connectivity index (χ0) is 14.4. The third kappa shape index (κ3) is 3.91. The molecule has 1 saturated heterocycles. The Morgan fingerprint density at radius 3 is 2.80 bits per heavy atom. The number of rotatable bonds is 3. The van der Waals surface area contributed by atoms with E-state index < -0.39 is 6.10 Å². The van der Waals surface area contributed by atoms with Crippen LogP contribution in [0.15, 0.2) is 24.3 Å². The van der Waals surface area contributed by atoms with Gasteiger partial charge in [0.05, 0.1) is 11.6 Å². The normalized spacial score (nSPS) is 16.9. The standard InChI is InChI=1S/C15H18N2O2S/c1-12(15(18)17-7-2-9-20-10-8-17)19-14-5-3-13(11-16)4-6-14/h3-6,12H,2,7-10H2,1H3/t12-/m1/s1. The van der Waals surface area contributed by atoms with Crippen molar-refractivity contribution in [3.8, 4) is 11.8 Å². The molecule has 4 nitrogen and oxygen atoms in total. The first-order valence-electron chi connectivity index (χ1n) is 6.74.